The van der Waals surface area contributed by atoms with Crippen LogP contribution in [0, 0.1) is 6.92 Å². The third-order valence-corrected chi connectivity index (χ3v) is 3.59. The highest BCUT2D eigenvalue weighted by atomic mass is 35.5. The maximum absolute atomic E-state index is 6.18. The number of thiocarbonyl (C=S) groups is 1. The Kier molecular flexibility index (Phi) is 4.99. The van der Waals surface area contributed by atoms with Gasteiger partial charge in [0.05, 0.1) is 6.04 Å². The summed E-state index contributed by atoms with van der Waals surface area (Å²) >= 11 is 11.5. The van der Waals surface area contributed by atoms with Gasteiger partial charge in [-0.2, -0.15) is 0 Å². The molecule has 0 saturated heterocycles. The number of benzene rings is 2. The molecule has 0 fully saturated rings. The quantitative estimate of drug-likeness (QED) is 0.804. The van der Waals surface area contributed by atoms with E-state index in [2.05, 4.69) is 17.6 Å². The van der Waals surface area contributed by atoms with E-state index in [4.69, 9.17) is 23.8 Å². The molecule has 0 radical (unpaired) electrons. The molecule has 20 heavy (non-hydrogen) atoms. The van der Waals surface area contributed by atoms with Crippen molar-refractivity contribution in [1.29, 1.82) is 0 Å². The van der Waals surface area contributed by atoms with Crippen LogP contribution in [0.3, 0.4) is 0 Å². The predicted octanol–water partition coefficient (Wildman–Crippen LogP) is 4.70. The number of nitrogens with one attached hydrogen (secondary N) is 2. The van der Waals surface area contributed by atoms with E-state index in [0.29, 0.717) is 5.11 Å². The van der Waals surface area contributed by atoms with Crippen LogP contribution in [-0.4, -0.2) is 5.11 Å². The van der Waals surface area contributed by atoms with Crippen LogP contribution in [0.15, 0.2) is 48.5 Å². The number of anilines is 1. The van der Waals surface area contributed by atoms with Gasteiger partial charge < -0.3 is 10.6 Å². The minimum absolute atomic E-state index is 0.0501. The second-order valence-electron chi connectivity index (χ2n) is 4.71. The van der Waals surface area contributed by atoms with Gasteiger partial charge in [0.1, 0.15) is 0 Å². The molecule has 0 aromatic heterocycles. The van der Waals surface area contributed by atoms with Crippen molar-refractivity contribution in [2.24, 2.45) is 0 Å². The van der Waals surface area contributed by atoms with E-state index >= 15 is 0 Å². The fourth-order valence-corrected chi connectivity index (χ4v) is 2.50. The summed E-state index contributed by atoms with van der Waals surface area (Å²) in [6, 6.07) is 15.9. The maximum atomic E-state index is 6.18. The van der Waals surface area contributed by atoms with Gasteiger partial charge in [-0.25, -0.2) is 0 Å². The van der Waals surface area contributed by atoms with Crippen molar-refractivity contribution >= 4 is 34.6 Å². The van der Waals surface area contributed by atoms with Crippen LogP contribution < -0.4 is 10.6 Å². The summed E-state index contributed by atoms with van der Waals surface area (Å²) in [5.41, 5.74) is 3.22. The van der Waals surface area contributed by atoms with Crippen LogP contribution >= 0.6 is 23.8 Å². The van der Waals surface area contributed by atoms with E-state index < -0.39 is 0 Å². The predicted molar refractivity (Wildman–Crippen MR) is 90.4 cm³/mol. The smallest absolute Gasteiger partial charge is 0.171 e. The second-order valence-corrected chi connectivity index (χ2v) is 5.52. The van der Waals surface area contributed by atoms with Gasteiger partial charge in [-0.15, -0.1) is 0 Å². The third-order valence-electron chi connectivity index (χ3n) is 3.03. The summed E-state index contributed by atoms with van der Waals surface area (Å²) in [6.07, 6.45) is 0. The summed E-state index contributed by atoms with van der Waals surface area (Å²) in [4.78, 5) is 0. The lowest BCUT2D eigenvalue weighted by atomic mass is 10.1. The van der Waals surface area contributed by atoms with Crippen molar-refractivity contribution in [2.45, 2.75) is 19.9 Å². The molecular weight excluding hydrogens is 288 g/mol. The number of aryl methyl sites for hydroxylation is 1. The van der Waals surface area contributed by atoms with Crippen LogP contribution in [-0.2, 0) is 0 Å². The summed E-state index contributed by atoms with van der Waals surface area (Å²) in [6.45, 7) is 4.09. The minimum atomic E-state index is 0.0501. The van der Waals surface area contributed by atoms with Crippen molar-refractivity contribution in [3.63, 3.8) is 0 Å². The Bertz CT molecular complexity index is 596. The van der Waals surface area contributed by atoms with Crippen LogP contribution in [0.4, 0.5) is 5.69 Å². The fourth-order valence-electron chi connectivity index (χ4n) is 1.90. The standard InChI is InChI=1S/C16H17ClN2S/c1-11-7-9-13(10-8-11)19-16(20)18-12(2)14-5-3-4-6-15(14)17/h3-10,12H,1-2H3,(H2,18,19,20)/t12-/m0/s1. The van der Waals surface area contributed by atoms with Crippen LogP contribution in [0.1, 0.15) is 24.1 Å². The third kappa shape index (κ3) is 3.95. The Hall–Kier alpha value is -1.58. The van der Waals surface area contributed by atoms with Gasteiger partial charge in [-0.3, -0.25) is 0 Å². The van der Waals surface area contributed by atoms with Gasteiger partial charge >= 0.3 is 0 Å². The molecule has 0 aliphatic rings. The summed E-state index contributed by atoms with van der Waals surface area (Å²) < 4.78 is 0. The average Bonchev–Trinajstić information content (AvgIpc) is 2.41. The molecule has 0 aliphatic heterocycles. The normalized spacial score (nSPS) is 11.8. The zero-order valence-corrected chi connectivity index (χ0v) is 13.1. The molecule has 0 bridgehead atoms. The van der Waals surface area contributed by atoms with Crippen LogP contribution in [0.25, 0.3) is 0 Å². The SMILES string of the molecule is Cc1ccc(NC(=S)N[C@@H](C)c2ccccc2Cl)cc1. The topological polar surface area (TPSA) is 24.1 Å². The summed E-state index contributed by atoms with van der Waals surface area (Å²) in [7, 11) is 0. The van der Waals surface area contributed by atoms with Gasteiger partial charge in [0.2, 0.25) is 0 Å². The molecule has 2 nitrogen and oxygen atoms in total. The minimum Gasteiger partial charge on any atom is -0.356 e. The highest BCUT2D eigenvalue weighted by molar-refractivity contribution is 7.80. The molecule has 0 unspecified atom stereocenters. The van der Waals surface area contributed by atoms with E-state index in [1.807, 2.05) is 55.5 Å². The first kappa shape index (κ1) is 14.8. The number of hydrogen-bond acceptors (Lipinski definition) is 1. The molecule has 2 aromatic rings. The summed E-state index contributed by atoms with van der Waals surface area (Å²) in [5.74, 6) is 0. The lowest BCUT2D eigenvalue weighted by molar-refractivity contribution is 0.723. The molecular formula is C16H17ClN2S. The van der Waals surface area contributed by atoms with Crippen molar-refractivity contribution in [3.8, 4) is 0 Å². The largest absolute Gasteiger partial charge is 0.356 e. The van der Waals surface area contributed by atoms with Gasteiger partial charge in [-0.05, 0) is 49.8 Å². The Morgan fingerprint density at radius 1 is 1.10 bits per heavy atom. The molecule has 104 valence electrons. The second kappa shape index (κ2) is 6.73. The lowest BCUT2D eigenvalue weighted by Gasteiger charge is -2.18. The zero-order valence-electron chi connectivity index (χ0n) is 11.5. The zero-order chi connectivity index (χ0) is 14.5. The van der Waals surface area contributed by atoms with Gasteiger partial charge in [0.25, 0.3) is 0 Å². The number of halogens is 1. The van der Waals surface area contributed by atoms with Crippen molar-refractivity contribution in [1.82, 2.24) is 5.32 Å². The van der Waals surface area contributed by atoms with E-state index in [1.165, 1.54) is 5.56 Å². The highest BCUT2D eigenvalue weighted by Gasteiger charge is 2.10. The van der Waals surface area contributed by atoms with Crippen molar-refractivity contribution < 1.29 is 0 Å². The number of rotatable bonds is 3. The monoisotopic (exact) mass is 304 g/mol. The highest BCUT2D eigenvalue weighted by Crippen LogP contribution is 2.22. The molecule has 0 amide bonds. The van der Waals surface area contributed by atoms with Crippen LogP contribution in [0.2, 0.25) is 5.02 Å². The Morgan fingerprint density at radius 2 is 1.75 bits per heavy atom. The first-order valence-corrected chi connectivity index (χ1v) is 7.23. The first-order chi connectivity index (χ1) is 9.56. The Balaban J connectivity index is 1.98. The van der Waals surface area contributed by atoms with Crippen LogP contribution in [0.5, 0.6) is 0 Å². The van der Waals surface area contributed by atoms with E-state index in [0.717, 1.165) is 16.3 Å². The van der Waals surface area contributed by atoms with Gasteiger partial charge in [-0.1, -0.05) is 47.5 Å². The fraction of sp³-hybridized carbons (Fsp3) is 0.188. The molecule has 2 N–H and O–H groups in total. The molecule has 1 atom stereocenters. The van der Waals surface area contributed by atoms with Gasteiger partial charge in [0.15, 0.2) is 5.11 Å². The molecule has 0 spiro atoms. The van der Waals surface area contributed by atoms with E-state index in [-0.39, 0.29) is 6.04 Å². The molecule has 0 saturated carbocycles. The molecule has 0 aliphatic carbocycles. The van der Waals surface area contributed by atoms with Crippen molar-refractivity contribution in [2.75, 3.05) is 5.32 Å². The van der Waals surface area contributed by atoms with Gasteiger partial charge in [0, 0.05) is 10.7 Å². The Morgan fingerprint density at radius 3 is 2.40 bits per heavy atom. The maximum Gasteiger partial charge on any atom is 0.171 e. The lowest BCUT2D eigenvalue weighted by Crippen LogP contribution is -2.31. The average molecular weight is 305 g/mol. The molecule has 4 heteroatoms. The first-order valence-electron chi connectivity index (χ1n) is 6.45. The molecule has 0 heterocycles. The van der Waals surface area contributed by atoms with E-state index in [9.17, 15) is 0 Å². The Labute approximate surface area is 130 Å². The number of hydrogen-bond donors (Lipinski definition) is 2. The van der Waals surface area contributed by atoms with Crippen molar-refractivity contribution in [3.05, 3.63) is 64.7 Å². The molecule has 2 aromatic carbocycles. The summed E-state index contributed by atoms with van der Waals surface area (Å²) in [5, 5.41) is 7.73. The van der Waals surface area contributed by atoms with E-state index in [1.54, 1.807) is 0 Å². The molecule has 2 rings (SSSR count).